The maximum atomic E-state index is 13.2. The van der Waals surface area contributed by atoms with E-state index in [1.165, 1.54) is 16.9 Å². The van der Waals surface area contributed by atoms with Crippen molar-refractivity contribution in [3.63, 3.8) is 0 Å². The first-order valence-corrected chi connectivity index (χ1v) is 9.16. The number of fused-ring (bicyclic) bond motifs is 2. The maximum Gasteiger partial charge on any atom is 0.254 e. The Morgan fingerprint density at radius 1 is 1.24 bits per heavy atom. The fourth-order valence-corrected chi connectivity index (χ4v) is 4.29. The van der Waals surface area contributed by atoms with E-state index in [9.17, 15) is 4.79 Å². The Hall–Kier alpha value is -2.47. The molecule has 0 aliphatic carbocycles. The van der Waals surface area contributed by atoms with Gasteiger partial charge in [-0.15, -0.1) is 11.3 Å². The highest BCUT2D eigenvalue weighted by atomic mass is 32.1. The molecule has 4 rings (SSSR count). The van der Waals surface area contributed by atoms with Gasteiger partial charge in [0.1, 0.15) is 0 Å². The number of carbonyl (C=O) groups excluding carboxylic acids is 1. The first kappa shape index (κ1) is 16.0. The molecule has 0 bridgehead atoms. The van der Waals surface area contributed by atoms with Gasteiger partial charge in [-0.05, 0) is 38.0 Å². The van der Waals surface area contributed by atoms with Crippen molar-refractivity contribution >= 4 is 33.3 Å². The number of amides is 1. The average molecular weight is 352 g/mol. The molecule has 128 valence electrons. The molecule has 1 aliphatic heterocycles. The third-order valence-corrected chi connectivity index (χ3v) is 5.81. The van der Waals surface area contributed by atoms with Crippen molar-refractivity contribution in [1.29, 1.82) is 0 Å². The Morgan fingerprint density at radius 3 is 2.84 bits per heavy atom. The number of rotatable bonds is 1. The van der Waals surface area contributed by atoms with Gasteiger partial charge in [0, 0.05) is 28.9 Å². The van der Waals surface area contributed by atoms with Crippen LogP contribution >= 0.6 is 11.3 Å². The molecule has 0 spiro atoms. The van der Waals surface area contributed by atoms with Crippen molar-refractivity contribution in [2.45, 2.75) is 33.7 Å². The highest BCUT2D eigenvalue weighted by molar-refractivity contribution is 7.15. The summed E-state index contributed by atoms with van der Waals surface area (Å²) in [7, 11) is 0. The van der Waals surface area contributed by atoms with E-state index in [1.807, 2.05) is 24.0 Å². The summed E-state index contributed by atoms with van der Waals surface area (Å²) in [6.07, 6.45) is 0.759. The number of hydrogen-bond acceptors (Lipinski definition) is 5. The van der Waals surface area contributed by atoms with Crippen LogP contribution in [-0.4, -0.2) is 27.3 Å². The van der Waals surface area contributed by atoms with Crippen LogP contribution in [0.15, 0.2) is 18.2 Å². The molecule has 3 heterocycles. The number of aromatic nitrogens is 2. The van der Waals surface area contributed by atoms with Crippen LogP contribution < -0.4 is 5.73 Å². The van der Waals surface area contributed by atoms with E-state index in [1.54, 1.807) is 0 Å². The van der Waals surface area contributed by atoms with Crippen molar-refractivity contribution in [3.05, 3.63) is 51.2 Å². The second kappa shape index (κ2) is 5.81. The van der Waals surface area contributed by atoms with E-state index in [0.717, 1.165) is 44.7 Å². The topological polar surface area (TPSA) is 72.1 Å². The number of hydrogen-bond donors (Lipinski definition) is 1. The predicted molar refractivity (Wildman–Crippen MR) is 101 cm³/mol. The Morgan fingerprint density at radius 2 is 2.04 bits per heavy atom. The zero-order chi connectivity index (χ0) is 17.7. The van der Waals surface area contributed by atoms with Crippen LogP contribution in [-0.2, 0) is 13.0 Å². The first-order chi connectivity index (χ1) is 11.9. The third kappa shape index (κ3) is 2.66. The van der Waals surface area contributed by atoms with Crippen LogP contribution in [0.2, 0.25) is 0 Å². The summed E-state index contributed by atoms with van der Waals surface area (Å²) in [6.45, 7) is 7.32. The summed E-state index contributed by atoms with van der Waals surface area (Å²) in [4.78, 5) is 25.2. The molecule has 25 heavy (non-hydrogen) atoms. The monoisotopic (exact) mass is 352 g/mol. The van der Waals surface area contributed by atoms with Crippen LogP contribution in [0.5, 0.6) is 0 Å². The molecule has 1 aromatic carbocycles. The lowest BCUT2D eigenvalue weighted by Gasteiger charge is -2.27. The van der Waals surface area contributed by atoms with E-state index in [2.05, 4.69) is 29.9 Å². The zero-order valence-electron chi connectivity index (χ0n) is 14.6. The number of nitrogen functional groups attached to an aromatic ring is 1. The fraction of sp³-hybridized carbons (Fsp3) is 0.316. The summed E-state index contributed by atoms with van der Waals surface area (Å²) in [5.41, 5.74) is 11.7. The summed E-state index contributed by atoms with van der Waals surface area (Å²) >= 11 is 1.48. The second-order valence-corrected chi connectivity index (χ2v) is 7.73. The van der Waals surface area contributed by atoms with Gasteiger partial charge in [-0.1, -0.05) is 12.1 Å². The maximum absolute atomic E-state index is 13.2. The van der Waals surface area contributed by atoms with Crippen LogP contribution in [0.1, 0.15) is 37.7 Å². The molecule has 0 saturated heterocycles. The Balaban J connectivity index is 1.77. The second-order valence-electron chi connectivity index (χ2n) is 6.61. The predicted octanol–water partition coefficient (Wildman–Crippen LogP) is 3.40. The third-order valence-electron chi connectivity index (χ3n) is 4.90. The quantitative estimate of drug-likeness (QED) is 0.728. The molecule has 3 aromatic rings. The molecule has 0 fully saturated rings. The molecule has 2 aromatic heterocycles. The van der Waals surface area contributed by atoms with Gasteiger partial charge in [-0.25, -0.2) is 4.98 Å². The molecule has 1 aliphatic rings. The number of carbonyl (C=O) groups is 1. The highest BCUT2D eigenvalue weighted by Gasteiger charge is 2.26. The van der Waals surface area contributed by atoms with Crippen molar-refractivity contribution in [3.8, 4) is 0 Å². The van der Waals surface area contributed by atoms with Gasteiger partial charge in [0.2, 0.25) is 0 Å². The highest BCUT2D eigenvalue weighted by Crippen LogP contribution is 2.29. The van der Waals surface area contributed by atoms with Gasteiger partial charge in [0.15, 0.2) is 5.13 Å². The van der Waals surface area contributed by atoms with Crippen LogP contribution in [0.3, 0.4) is 0 Å². The molecule has 0 unspecified atom stereocenters. The van der Waals surface area contributed by atoms with Gasteiger partial charge in [-0.2, -0.15) is 0 Å². The van der Waals surface area contributed by atoms with E-state index in [-0.39, 0.29) is 5.91 Å². The molecule has 1 amide bonds. The number of anilines is 1. The average Bonchev–Trinajstić information content (AvgIpc) is 2.96. The van der Waals surface area contributed by atoms with Crippen LogP contribution in [0.25, 0.3) is 10.9 Å². The summed E-state index contributed by atoms with van der Waals surface area (Å²) in [5, 5.41) is 1.50. The lowest BCUT2D eigenvalue weighted by Crippen LogP contribution is -2.35. The molecule has 6 heteroatoms. The minimum Gasteiger partial charge on any atom is -0.375 e. The summed E-state index contributed by atoms with van der Waals surface area (Å²) in [6, 6.07) is 5.97. The number of thiazole rings is 1. The smallest absolute Gasteiger partial charge is 0.254 e. The molecule has 0 radical (unpaired) electrons. The summed E-state index contributed by atoms with van der Waals surface area (Å²) < 4.78 is 0. The molecule has 0 saturated carbocycles. The minimum absolute atomic E-state index is 0.0522. The fourth-order valence-electron chi connectivity index (χ4n) is 3.39. The SMILES string of the molecule is Cc1cc(C(=O)N2CCc3nc(N)sc3C2)c2ccc(C)c(C)c2n1. The van der Waals surface area contributed by atoms with Gasteiger partial charge < -0.3 is 10.6 Å². The van der Waals surface area contributed by atoms with Crippen molar-refractivity contribution in [1.82, 2.24) is 14.9 Å². The molecule has 5 nitrogen and oxygen atoms in total. The van der Waals surface area contributed by atoms with Gasteiger partial charge in [0.25, 0.3) is 5.91 Å². The van der Waals surface area contributed by atoms with Crippen molar-refractivity contribution in [2.75, 3.05) is 12.3 Å². The van der Waals surface area contributed by atoms with E-state index < -0.39 is 0 Å². The molecular formula is C19H20N4OS. The Labute approximate surface area is 150 Å². The van der Waals surface area contributed by atoms with Gasteiger partial charge in [0.05, 0.1) is 23.3 Å². The number of aryl methyl sites for hydroxylation is 3. The van der Waals surface area contributed by atoms with E-state index in [0.29, 0.717) is 18.2 Å². The standard InChI is InChI=1S/C19H20N4OS/c1-10-4-5-13-14(8-11(2)21-17(13)12(10)3)18(24)23-7-6-15-16(9-23)25-19(20)22-15/h4-5,8H,6-7,9H2,1-3H3,(H2,20,22). The zero-order valence-corrected chi connectivity index (χ0v) is 15.4. The van der Waals surface area contributed by atoms with Gasteiger partial charge in [-0.3, -0.25) is 9.78 Å². The Bertz CT molecular complexity index is 1010. The summed E-state index contributed by atoms with van der Waals surface area (Å²) in [5.74, 6) is 0.0522. The number of benzene rings is 1. The first-order valence-electron chi connectivity index (χ1n) is 8.35. The largest absolute Gasteiger partial charge is 0.375 e. The normalized spacial score (nSPS) is 14.0. The molecular weight excluding hydrogens is 332 g/mol. The Kier molecular flexibility index (Phi) is 3.72. The minimum atomic E-state index is 0.0522. The lowest BCUT2D eigenvalue weighted by atomic mass is 10.00. The number of nitrogens with zero attached hydrogens (tertiary/aromatic N) is 3. The van der Waals surface area contributed by atoms with Gasteiger partial charge >= 0.3 is 0 Å². The van der Waals surface area contributed by atoms with Crippen molar-refractivity contribution < 1.29 is 4.79 Å². The van der Waals surface area contributed by atoms with E-state index in [4.69, 9.17) is 5.73 Å². The van der Waals surface area contributed by atoms with Crippen LogP contribution in [0.4, 0.5) is 5.13 Å². The molecule has 0 atom stereocenters. The van der Waals surface area contributed by atoms with Crippen molar-refractivity contribution in [2.24, 2.45) is 0 Å². The number of pyridine rings is 1. The van der Waals surface area contributed by atoms with Crippen LogP contribution in [0, 0.1) is 20.8 Å². The molecule has 2 N–H and O–H groups in total. The number of nitrogens with two attached hydrogens (primary N) is 1. The lowest BCUT2D eigenvalue weighted by molar-refractivity contribution is 0.0738. The van der Waals surface area contributed by atoms with E-state index >= 15 is 0 Å².